The maximum atomic E-state index is 14.2. The molecular formula is C33H29BrCl2N2O7S. The van der Waals surface area contributed by atoms with Crippen molar-refractivity contribution in [2.75, 3.05) is 27.9 Å². The minimum absolute atomic E-state index is 0.155. The van der Waals surface area contributed by atoms with Crippen molar-refractivity contribution in [1.82, 2.24) is 4.57 Å². The van der Waals surface area contributed by atoms with E-state index in [9.17, 15) is 9.59 Å². The van der Waals surface area contributed by atoms with Crippen LogP contribution in [0.1, 0.15) is 36.6 Å². The van der Waals surface area contributed by atoms with Crippen LogP contribution in [0.4, 0.5) is 0 Å². The van der Waals surface area contributed by atoms with E-state index in [0.29, 0.717) is 63.7 Å². The first-order valence-corrected chi connectivity index (χ1v) is 16.3. The SMILES string of the molecule is CCOC(=O)C1=C(C)N=c2s/c(=C\c3cc(Cl)c(OCc4ccc(Cl)cc4)c(OC)c3)c(=O)n2[C@@H]1c1cc(OC)c(OC)cc1Br. The Labute approximate surface area is 287 Å². The zero-order valence-corrected chi connectivity index (χ0v) is 29.4. The maximum Gasteiger partial charge on any atom is 0.338 e. The third-order valence-electron chi connectivity index (χ3n) is 7.16. The van der Waals surface area contributed by atoms with Crippen LogP contribution >= 0.6 is 50.5 Å². The molecule has 0 unspecified atom stereocenters. The van der Waals surface area contributed by atoms with Crippen molar-refractivity contribution < 1.29 is 28.5 Å². The summed E-state index contributed by atoms with van der Waals surface area (Å²) < 4.78 is 30.5. The molecule has 4 aromatic rings. The summed E-state index contributed by atoms with van der Waals surface area (Å²) >= 11 is 17.5. The van der Waals surface area contributed by atoms with E-state index >= 15 is 0 Å². The van der Waals surface area contributed by atoms with Crippen molar-refractivity contribution >= 4 is 62.5 Å². The van der Waals surface area contributed by atoms with Crippen LogP contribution in [-0.2, 0) is 16.1 Å². The van der Waals surface area contributed by atoms with Crippen LogP contribution in [0.5, 0.6) is 23.0 Å². The van der Waals surface area contributed by atoms with Crippen LogP contribution in [0.3, 0.4) is 0 Å². The number of esters is 1. The molecule has 3 aromatic carbocycles. The van der Waals surface area contributed by atoms with E-state index in [1.165, 1.54) is 37.2 Å². The number of benzene rings is 3. The fourth-order valence-corrected chi connectivity index (χ4v) is 7.00. The van der Waals surface area contributed by atoms with Crippen molar-refractivity contribution in [3.05, 3.63) is 111 Å². The van der Waals surface area contributed by atoms with Crippen molar-refractivity contribution in [3.63, 3.8) is 0 Å². The standard InChI is InChI=1S/C33H29BrCl2N2O7S/c1-6-44-32(40)28-17(2)37-33-38(29(28)21-14-24(41-3)25(42-4)15-22(21)34)31(39)27(46-33)13-19-11-23(36)30(26(12-19)43-5)45-16-18-7-9-20(35)10-8-18/h7-15,29H,6,16H2,1-5H3/b27-13-/t29-/m1/s1. The Kier molecular flexibility index (Phi) is 10.5. The molecule has 1 aliphatic heterocycles. The predicted molar refractivity (Wildman–Crippen MR) is 181 cm³/mol. The van der Waals surface area contributed by atoms with Gasteiger partial charge in [0.05, 0.1) is 54.8 Å². The van der Waals surface area contributed by atoms with Crippen LogP contribution < -0.4 is 33.8 Å². The van der Waals surface area contributed by atoms with Gasteiger partial charge in [0, 0.05) is 9.50 Å². The number of ether oxygens (including phenoxy) is 5. The monoisotopic (exact) mass is 746 g/mol. The molecule has 0 amide bonds. The Hall–Kier alpha value is -3.77. The lowest BCUT2D eigenvalue weighted by atomic mass is 9.95. The molecule has 0 radical (unpaired) electrons. The molecule has 0 aliphatic carbocycles. The Morgan fingerprint density at radius 2 is 1.70 bits per heavy atom. The summed E-state index contributed by atoms with van der Waals surface area (Å²) in [6.45, 7) is 3.84. The summed E-state index contributed by atoms with van der Waals surface area (Å²) in [4.78, 5) is 32.5. The number of allylic oxidation sites excluding steroid dienone is 1. The molecular weight excluding hydrogens is 719 g/mol. The minimum Gasteiger partial charge on any atom is -0.493 e. The lowest BCUT2D eigenvalue weighted by Gasteiger charge is -2.26. The summed E-state index contributed by atoms with van der Waals surface area (Å²) in [5.41, 5.74) is 2.42. The second-order valence-electron chi connectivity index (χ2n) is 9.98. The zero-order chi connectivity index (χ0) is 33.1. The van der Waals surface area contributed by atoms with Crippen LogP contribution in [0.2, 0.25) is 10.0 Å². The Morgan fingerprint density at radius 1 is 1.02 bits per heavy atom. The number of thiazole rings is 1. The van der Waals surface area contributed by atoms with Crippen LogP contribution in [0, 0.1) is 0 Å². The van der Waals surface area contributed by atoms with Crippen LogP contribution in [0.15, 0.2) is 74.1 Å². The van der Waals surface area contributed by atoms with Crippen molar-refractivity contribution in [2.45, 2.75) is 26.5 Å². The van der Waals surface area contributed by atoms with E-state index in [1.807, 2.05) is 12.1 Å². The first-order valence-electron chi connectivity index (χ1n) is 14.0. The third kappa shape index (κ3) is 6.69. The highest BCUT2D eigenvalue weighted by Gasteiger charge is 2.35. The molecule has 2 heterocycles. The number of carbonyl (C=O) groups is 1. The van der Waals surface area contributed by atoms with Crippen LogP contribution in [-0.4, -0.2) is 38.5 Å². The highest BCUT2D eigenvalue weighted by atomic mass is 79.9. The van der Waals surface area contributed by atoms with Gasteiger partial charge in [-0.1, -0.05) is 62.6 Å². The van der Waals surface area contributed by atoms with Gasteiger partial charge < -0.3 is 23.7 Å². The molecule has 0 spiro atoms. The van der Waals surface area contributed by atoms with E-state index in [1.54, 1.807) is 56.3 Å². The van der Waals surface area contributed by atoms with E-state index in [4.69, 9.17) is 46.9 Å². The molecule has 240 valence electrons. The summed E-state index contributed by atoms with van der Waals surface area (Å²) in [7, 11) is 4.56. The van der Waals surface area contributed by atoms with Gasteiger partial charge in [-0.2, -0.15) is 0 Å². The number of methoxy groups -OCH3 is 3. The molecule has 0 bridgehead atoms. The van der Waals surface area contributed by atoms with Gasteiger partial charge in [-0.25, -0.2) is 9.79 Å². The molecule has 0 saturated heterocycles. The van der Waals surface area contributed by atoms with E-state index in [2.05, 4.69) is 20.9 Å². The van der Waals surface area contributed by atoms with E-state index < -0.39 is 12.0 Å². The fraction of sp³-hybridized carbons (Fsp3) is 0.242. The number of aromatic nitrogens is 1. The zero-order valence-electron chi connectivity index (χ0n) is 25.5. The maximum absolute atomic E-state index is 14.2. The average molecular weight is 748 g/mol. The summed E-state index contributed by atoms with van der Waals surface area (Å²) in [5.74, 6) is 1.10. The van der Waals surface area contributed by atoms with Crippen molar-refractivity contribution in [3.8, 4) is 23.0 Å². The Bertz CT molecular complexity index is 2020. The van der Waals surface area contributed by atoms with Gasteiger partial charge in [-0.3, -0.25) is 9.36 Å². The van der Waals surface area contributed by atoms with Crippen molar-refractivity contribution in [2.24, 2.45) is 4.99 Å². The average Bonchev–Trinajstić information content (AvgIpc) is 3.33. The topological polar surface area (TPSA) is 97.6 Å². The second-order valence-corrected chi connectivity index (χ2v) is 12.7. The van der Waals surface area contributed by atoms with Crippen molar-refractivity contribution in [1.29, 1.82) is 0 Å². The fourth-order valence-electron chi connectivity index (χ4n) is 5.02. The highest BCUT2D eigenvalue weighted by Crippen LogP contribution is 2.41. The Morgan fingerprint density at radius 3 is 2.35 bits per heavy atom. The van der Waals surface area contributed by atoms with Gasteiger partial charge in [-0.05, 0) is 73.0 Å². The second kappa shape index (κ2) is 14.3. The van der Waals surface area contributed by atoms with Gasteiger partial charge >= 0.3 is 5.97 Å². The number of rotatable bonds is 10. The molecule has 5 rings (SSSR count). The summed E-state index contributed by atoms with van der Waals surface area (Å²) in [6.07, 6.45) is 1.70. The number of halogens is 3. The number of hydrogen-bond donors (Lipinski definition) is 0. The largest absolute Gasteiger partial charge is 0.493 e. The van der Waals surface area contributed by atoms with Gasteiger partial charge in [0.25, 0.3) is 5.56 Å². The molecule has 1 aromatic heterocycles. The summed E-state index contributed by atoms with van der Waals surface area (Å²) in [5, 5.41) is 0.934. The smallest absolute Gasteiger partial charge is 0.338 e. The quantitative estimate of drug-likeness (QED) is 0.172. The lowest BCUT2D eigenvalue weighted by molar-refractivity contribution is -0.139. The van der Waals surface area contributed by atoms with Crippen LogP contribution in [0.25, 0.3) is 6.08 Å². The number of nitrogens with zero attached hydrogens (tertiary/aromatic N) is 2. The van der Waals surface area contributed by atoms with Gasteiger partial charge in [-0.15, -0.1) is 0 Å². The van der Waals surface area contributed by atoms with E-state index in [-0.39, 0.29) is 24.3 Å². The molecule has 9 nitrogen and oxygen atoms in total. The van der Waals surface area contributed by atoms with Gasteiger partial charge in [0.15, 0.2) is 27.8 Å². The molecule has 0 N–H and O–H groups in total. The number of hydrogen-bond acceptors (Lipinski definition) is 9. The minimum atomic E-state index is -0.867. The molecule has 46 heavy (non-hydrogen) atoms. The van der Waals surface area contributed by atoms with E-state index in [0.717, 1.165) is 5.56 Å². The summed E-state index contributed by atoms with van der Waals surface area (Å²) in [6, 6.07) is 13.3. The molecule has 0 fully saturated rings. The normalized spacial score (nSPS) is 14.4. The first-order chi connectivity index (χ1) is 22.1. The number of carbonyl (C=O) groups excluding carboxylic acids is 1. The highest BCUT2D eigenvalue weighted by molar-refractivity contribution is 9.10. The van der Waals surface area contributed by atoms with Gasteiger partial charge in [0.2, 0.25) is 0 Å². The lowest BCUT2D eigenvalue weighted by Crippen LogP contribution is -2.40. The molecule has 1 aliphatic rings. The Balaban J connectivity index is 1.62. The molecule has 1 atom stereocenters. The first kappa shape index (κ1) is 33.6. The van der Waals surface area contributed by atoms with Gasteiger partial charge in [0.1, 0.15) is 6.61 Å². The number of fused-ring (bicyclic) bond motifs is 1. The molecule has 13 heteroatoms. The predicted octanol–water partition coefficient (Wildman–Crippen LogP) is 6.47. The molecule has 0 saturated carbocycles. The third-order valence-corrected chi connectivity index (χ3v) is 9.36.